The summed E-state index contributed by atoms with van der Waals surface area (Å²) in [5.74, 6) is -2.32. The minimum atomic E-state index is -5.01. The maximum absolute atomic E-state index is 13.1. The number of phosphoric acid groups is 2. The first-order valence-corrected chi connectivity index (χ1v) is 44.1. The first-order chi connectivity index (χ1) is 51.7. The number of allylic oxidation sites excluding steroid dienone is 24. The lowest BCUT2D eigenvalue weighted by molar-refractivity contribution is -0.161. The van der Waals surface area contributed by atoms with Crippen molar-refractivity contribution in [3.05, 3.63) is 146 Å². The first-order valence-electron chi connectivity index (χ1n) is 41.1. The predicted molar refractivity (Wildman–Crippen MR) is 436 cm³/mol. The minimum Gasteiger partial charge on any atom is -0.462 e. The van der Waals surface area contributed by atoms with Gasteiger partial charge in [-0.3, -0.25) is 37.3 Å². The van der Waals surface area contributed by atoms with Gasteiger partial charge in [0.1, 0.15) is 19.3 Å². The molecule has 606 valence electrons. The summed E-state index contributed by atoms with van der Waals surface area (Å²) >= 11 is 0. The van der Waals surface area contributed by atoms with Crippen molar-refractivity contribution in [1.29, 1.82) is 0 Å². The highest BCUT2D eigenvalue weighted by Gasteiger charge is 2.30. The molecule has 0 rings (SSSR count). The number of aliphatic hydroxyl groups is 1. The molecule has 0 aromatic carbocycles. The molecule has 0 saturated heterocycles. The van der Waals surface area contributed by atoms with Gasteiger partial charge in [0.15, 0.2) is 12.2 Å². The highest BCUT2D eigenvalue weighted by molar-refractivity contribution is 7.47. The third-order valence-corrected chi connectivity index (χ3v) is 18.7. The quantitative estimate of drug-likeness (QED) is 0.0169. The van der Waals surface area contributed by atoms with Crippen LogP contribution in [0.3, 0.4) is 0 Å². The molecular weight excluding hydrogens is 1380 g/mol. The van der Waals surface area contributed by atoms with E-state index in [-0.39, 0.29) is 25.7 Å². The number of rotatable bonds is 76. The van der Waals surface area contributed by atoms with E-state index in [1.54, 1.807) is 0 Å². The molecule has 3 N–H and O–H groups in total. The molecule has 0 aliphatic rings. The molecule has 0 amide bonds. The molecule has 2 unspecified atom stereocenters. The van der Waals surface area contributed by atoms with E-state index in [9.17, 15) is 43.2 Å². The fourth-order valence-electron chi connectivity index (χ4n) is 10.5. The third kappa shape index (κ3) is 77.1. The monoisotopic (exact) mass is 1530 g/mol. The Morgan fingerprint density at radius 3 is 0.849 bits per heavy atom. The molecule has 0 aliphatic heterocycles. The largest absolute Gasteiger partial charge is 0.472 e. The maximum Gasteiger partial charge on any atom is 0.472 e. The molecule has 0 heterocycles. The standard InChI is InChI=1S/C87H146O17P2/c1-5-9-13-17-21-25-29-33-36-38-40-42-45-48-52-56-60-64-68-72-85(90)98-78-83(104-87(92)74-70-66-62-58-54-50-46-43-41-39-37-34-30-26-22-18-14-10-6-2)80-102-106(95,96)100-76-81(88)75-99-105(93,94)101-79-82(77-97-84(89)71-67-63-59-55-51-47-32-28-24-20-16-12-8-4)103-86(91)73-69-65-61-57-53-49-44-35-31-27-23-19-15-11-7-3/h10,14,21-22,25-28,31-34,36-37,40-43,48,50,52,54,60,64,81-83,88H,5-9,11-13,15-20,23-24,29-30,35,38-39,44-47,49,51,53,55-59,61-63,65-80H2,1-4H3,(H,93,94)(H,95,96)/b14-10-,25-21-,26-22-,31-27-,32-28-,36-33-,37-34-,42-40-,43-41-,52-48-,54-50-,64-60-/t81-,82+,83+/m0/s1. The van der Waals surface area contributed by atoms with Crippen molar-refractivity contribution in [2.24, 2.45) is 0 Å². The second-order valence-electron chi connectivity index (χ2n) is 27.0. The van der Waals surface area contributed by atoms with Gasteiger partial charge in [-0.1, -0.05) is 283 Å². The van der Waals surface area contributed by atoms with Crippen molar-refractivity contribution < 1.29 is 80.2 Å². The van der Waals surface area contributed by atoms with E-state index < -0.39 is 97.5 Å². The SMILES string of the molecule is CC/C=C\C/C=C\C/C=C\C/C=C\C/C=C\CCCCCC(=O)O[C@H](COC(=O)CC/C=C\C/C=C\C/C=C\C/C=C\C/C=C\CCCCC)COP(=O)(O)OC[C@@H](O)COP(=O)(O)OC[C@@H](COC(=O)CCCCCCC/C=C\CCCCCC)OC(=O)CCCCCCCCC/C=C\CCCCCC. The summed E-state index contributed by atoms with van der Waals surface area (Å²) in [7, 11) is -10.0. The normalized spacial score (nSPS) is 14.6. The Morgan fingerprint density at radius 2 is 0.509 bits per heavy atom. The van der Waals surface area contributed by atoms with Crippen LogP contribution in [0.2, 0.25) is 0 Å². The number of carbonyl (C=O) groups is 4. The third-order valence-electron chi connectivity index (χ3n) is 16.8. The Kier molecular flexibility index (Phi) is 74.3. The van der Waals surface area contributed by atoms with E-state index in [1.165, 1.54) is 70.6 Å². The van der Waals surface area contributed by atoms with E-state index in [0.29, 0.717) is 32.1 Å². The van der Waals surface area contributed by atoms with Crippen LogP contribution in [0.5, 0.6) is 0 Å². The van der Waals surface area contributed by atoms with Crippen molar-refractivity contribution in [3.8, 4) is 0 Å². The predicted octanol–water partition coefficient (Wildman–Crippen LogP) is 24.2. The summed E-state index contributed by atoms with van der Waals surface area (Å²) in [4.78, 5) is 73.1. The fourth-order valence-corrected chi connectivity index (χ4v) is 12.1. The van der Waals surface area contributed by atoms with E-state index in [1.807, 2.05) is 18.2 Å². The number of esters is 4. The Labute approximate surface area is 643 Å². The van der Waals surface area contributed by atoms with E-state index >= 15 is 0 Å². The Bertz CT molecular complexity index is 2580. The van der Waals surface area contributed by atoms with E-state index in [2.05, 4.69) is 155 Å². The van der Waals surface area contributed by atoms with Crippen LogP contribution in [-0.2, 0) is 65.4 Å². The average Bonchev–Trinajstić information content (AvgIpc) is 0.902. The number of hydrogen-bond donors (Lipinski definition) is 3. The molecule has 0 aromatic heterocycles. The summed E-state index contributed by atoms with van der Waals surface area (Å²) in [6.45, 7) is 4.58. The Morgan fingerprint density at radius 1 is 0.274 bits per heavy atom. The van der Waals surface area contributed by atoms with Gasteiger partial charge in [-0.2, -0.15) is 0 Å². The van der Waals surface area contributed by atoms with Crippen LogP contribution in [0.1, 0.15) is 323 Å². The molecule has 0 saturated carbocycles. The molecule has 17 nitrogen and oxygen atoms in total. The summed E-state index contributed by atoms with van der Waals surface area (Å²) in [5.41, 5.74) is 0. The average molecular weight is 1530 g/mol. The van der Waals surface area contributed by atoms with Gasteiger partial charge in [-0.15, -0.1) is 0 Å². The molecule has 0 aromatic rings. The first kappa shape index (κ1) is 101. The summed E-state index contributed by atoms with van der Waals surface area (Å²) in [6.07, 6.45) is 89.8. The van der Waals surface area contributed by atoms with Gasteiger partial charge < -0.3 is 33.8 Å². The van der Waals surface area contributed by atoms with Gasteiger partial charge in [0, 0.05) is 25.7 Å². The Hall–Kier alpha value is -5.06. The molecule has 0 fully saturated rings. The smallest absolute Gasteiger partial charge is 0.462 e. The van der Waals surface area contributed by atoms with Crippen molar-refractivity contribution >= 4 is 39.5 Å². The van der Waals surface area contributed by atoms with Crippen LogP contribution in [0.4, 0.5) is 0 Å². The topological polar surface area (TPSA) is 237 Å². The second-order valence-corrected chi connectivity index (χ2v) is 29.9. The highest BCUT2D eigenvalue weighted by Crippen LogP contribution is 2.45. The number of hydrogen-bond acceptors (Lipinski definition) is 15. The van der Waals surface area contributed by atoms with Gasteiger partial charge in [0.25, 0.3) is 0 Å². The van der Waals surface area contributed by atoms with Crippen LogP contribution >= 0.6 is 15.6 Å². The number of phosphoric ester groups is 2. The Balaban J connectivity index is 5.48. The number of ether oxygens (including phenoxy) is 4. The van der Waals surface area contributed by atoms with Gasteiger partial charge in [-0.05, 0) is 161 Å². The van der Waals surface area contributed by atoms with Gasteiger partial charge in [0.05, 0.1) is 26.4 Å². The van der Waals surface area contributed by atoms with Crippen LogP contribution in [-0.4, -0.2) is 96.7 Å². The lowest BCUT2D eigenvalue weighted by atomic mass is 10.1. The molecule has 0 bridgehead atoms. The molecular formula is C87H146O17P2. The molecule has 0 radical (unpaired) electrons. The zero-order chi connectivity index (χ0) is 77.4. The second kappa shape index (κ2) is 78.1. The van der Waals surface area contributed by atoms with Gasteiger partial charge >= 0.3 is 39.5 Å². The van der Waals surface area contributed by atoms with Crippen LogP contribution in [0, 0.1) is 0 Å². The highest BCUT2D eigenvalue weighted by atomic mass is 31.2. The zero-order valence-electron chi connectivity index (χ0n) is 66.3. The van der Waals surface area contributed by atoms with Crippen molar-refractivity contribution in [2.45, 2.75) is 341 Å². The number of aliphatic hydroxyl groups excluding tert-OH is 1. The molecule has 19 heteroatoms. The molecule has 0 aliphatic carbocycles. The van der Waals surface area contributed by atoms with Crippen LogP contribution in [0.25, 0.3) is 0 Å². The molecule has 106 heavy (non-hydrogen) atoms. The van der Waals surface area contributed by atoms with Crippen molar-refractivity contribution in [2.75, 3.05) is 39.6 Å². The van der Waals surface area contributed by atoms with Gasteiger partial charge in [0.2, 0.25) is 0 Å². The summed E-state index contributed by atoms with van der Waals surface area (Å²) < 4.78 is 68.6. The van der Waals surface area contributed by atoms with E-state index in [4.69, 9.17) is 37.0 Å². The zero-order valence-corrected chi connectivity index (χ0v) is 68.1. The molecule has 0 spiro atoms. The fraction of sp³-hybridized carbons (Fsp3) is 0.678. The maximum atomic E-state index is 13.1. The van der Waals surface area contributed by atoms with Crippen molar-refractivity contribution in [1.82, 2.24) is 0 Å². The van der Waals surface area contributed by atoms with Gasteiger partial charge in [-0.25, -0.2) is 9.13 Å². The summed E-state index contributed by atoms with van der Waals surface area (Å²) in [6, 6.07) is 0. The van der Waals surface area contributed by atoms with Crippen LogP contribution in [0.15, 0.2) is 146 Å². The lowest BCUT2D eigenvalue weighted by Gasteiger charge is -2.21. The van der Waals surface area contributed by atoms with E-state index in [0.717, 1.165) is 167 Å². The van der Waals surface area contributed by atoms with Crippen LogP contribution < -0.4 is 0 Å². The molecule has 5 atom stereocenters. The number of unbranched alkanes of at least 4 members (excludes halogenated alkanes) is 26. The lowest BCUT2D eigenvalue weighted by Crippen LogP contribution is -2.30. The minimum absolute atomic E-state index is 0.0260. The summed E-state index contributed by atoms with van der Waals surface area (Å²) in [5, 5.41) is 10.6. The number of carbonyl (C=O) groups excluding carboxylic acids is 4. The van der Waals surface area contributed by atoms with Crippen molar-refractivity contribution in [3.63, 3.8) is 0 Å².